The predicted octanol–water partition coefficient (Wildman–Crippen LogP) is 2.19. The van der Waals surface area contributed by atoms with Crippen molar-refractivity contribution in [1.82, 2.24) is 15.1 Å². The summed E-state index contributed by atoms with van der Waals surface area (Å²) in [5.74, 6) is 1.88. The lowest BCUT2D eigenvalue weighted by molar-refractivity contribution is 0.239. The molecular weight excluding hydrogens is 268 g/mol. The summed E-state index contributed by atoms with van der Waals surface area (Å²) in [5, 5.41) is 3.84. The van der Waals surface area contributed by atoms with Crippen molar-refractivity contribution in [3.63, 3.8) is 0 Å². The average molecular weight is 290 g/mol. The predicted molar refractivity (Wildman–Crippen MR) is 79.0 cm³/mol. The van der Waals surface area contributed by atoms with Gasteiger partial charge in [-0.2, -0.15) is 4.98 Å². The Hall–Kier alpha value is -1.95. The van der Waals surface area contributed by atoms with Crippen LogP contribution in [-0.2, 0) is 19.4 Å². The number of aryl methyl sites for hydroxylation is 2. The van der Waals surface area contributed by atoms with Crippen LogP contribution in [0.3, 0.4) is 0 Å². The first-order chi connectivity index (χ1) is 10.1. The van der Waals surface area contributed by atoms with E-state index >= 15 is 0 Å². The minimum Gasteiger partial charge on any atom is -0.482 e. The first kappa shape index (κ1) is 15.4. The van der Waals surface area contributed by atoms with E-state index in [4.69, 9.17) is 15.0 Å². The Balaban J connectivity index is 2.07. The molecule has 6 nitrogen and oxygen atoms in total. The zero-order valence-corrected chi connectivity index (χ0v) is 12.8. The average Bonchev–Trinajstić information content (AvgIpc) is 2.94. The topological polar surface area (TPSA) is 87.1 Å². The van der Waals surface area contributed by atoms with Crippen LogP contribution in [0, 0.1) is 6.92 Å². The van der Waals surface area contributed by atoms with Gasteiger partial charge in [-0.1, -0.05) is 19.0 Å². The molecule has 2 heterocycles. The van der Waals surface area contributed by atoms with Crippen LogP contribution in [0.15, 0.2) is 16.7 Å². The van der Waals surface area contributed by atoms with Gasteiger partial charge < -0.3 is 15.0 Å². The number of hydrogen-bond donors (Lipinski definition) is 1. The maximum absolute atomic E-state index is 6.02. The van der Waals surface area contributed by atoms with Crippen LogP contribution in [0.5, 0.6) is 5.75 Å². The summed E-state index contributed by atoms with van der Waals surface area (Å²) < 4.78 is 10.9. The van der Waals surface area contributed by atoms with Gasteiger partial charge in [0.2, 0.25) is 0 Å². The number of aromatic nitrogens is 3. The largest absolute Gasteiger partial charge is 0.482 e. The van der Waals surface area contributed by atoms with Gasteiger partial charge in [-0.25, -0.2) is 0 Å². The third kappa shape index (κ3) is 4.26. The number of nitrogens with zero attached hydrogens (tertiary/aromatic N) is 3. The Morgan fingerprint density at radius 2 is 2.10 bits per heavy atom. The zero-order chi connectivity index (χ0) is 15.2. The third-order valence-corrected chi connectivity index (χ3v) is 3.23. The summed E-state index contributed by atoms with van der Waals surface area (Å²) in [5.41, 5.74) is 7.84. The number of hydrogen-bond acceptors (Lipinski definition) is 6. The summed E-state index contributed by atoms with van der Waals surface area (Å²) in [6.45, 7) is 6.23. The summed E-state index contributed by atoms with van der Waals surface area (Å²) in [6.07, 6.45) is 2.34. The lowest BCUT2D eigenvalue weighted by Gasteiger charge is -2.13. The Morgan fingerprint density at radius 1 is 1.29 bits per heavy atom. The summed E-state index contributed by atoms with van der Waals surface area (Å²) in [6, 6.07) is 3.91. The first-order valence-corrected chi connectivity index (χ1v) is 7.28. The van der Waals surface area contributed by atoms with Gasteiger partial charge in [0.1, 0.15) is 5.75 Å². The molecule has 0 aromatic carbocycles. The zero-order valence-electron chi connectivity index (χ0n) is 12.8. The monoisotopic (exact) mass is 290 g/mol. The van der Waals surface area contributed by atoms with E-state index in [-0.39, 0.29) is 12.6 Å². The number of rotatable bonds is 7. The summed E-state index contributed by atoms with van der Waals surface area (Å²) in [7, 11) is 0. The van der Waals surface area contributed by atoms with E-state index in [9.17, 15) is 0 Å². The van der Waals surface area contributed by atoms with Gasteiger partial charge in [0.25, 0.3) is 5.89 Å². The molecule has 2 aromatic heterocycles. The van der Waals surface area contributed by atoms with Crippen molar-refractivity contribution in [1.29, 1.82) is 0 Å². The molecule has 21 heavy (non-hydrogen) atoms. The minimum atomic E-state index is 0.0803. The molecule has 0 saturated carbocycles. The van der Waals surface area contributed by atoms with Crippen LogP contribution >= 0.6 is 0 Å². The van der Waals surface area contributed by atoms with Gasteiger partial charge >= 0.3 is 0 Å². The third-order valence-electron chi connectivity index (χ3n) is 3.23. The van der Waals surface area contributed by atoms with Gasteiger partial charge in [0, 0.05) is 24.6 Å². The Labute approximate surface area is 124 Å². The molecule has 0 aliphatic carbocycles. The lowest BCUT2D eigenvalue weighted by atomic mass is 10.1. The number of nitrogens with two attached hydrogens (primary N) is 1. The fourth-order valence-corrected chi connectivity index (χ4v) is 1.90. The van der Waals surface area contributed by atoms with Crippen LogP contribution in [0.4, 0.5) is 0 Å². The van der Waals surface area contributed by atoms with Crippen LogP contribution in [-0.4, -0.2) is 21.2 Å². The molecule has 0 amide bonds. The molecule has 114 valence electrons. The van der Waals surface area contributed by atoms with Crippen molar-refractivity contribution in [3.05, 3.63) is 35.2 Å². The summed E-state index contributed by atoms with van der Waals surface area (Å²) in [4.78, 5) is 8.74. The van der Waals surface area contributed by atoms with Crippen molar-refractivity contribution in [2.24, 2.45) is 5.73 Å². The molecule has 0 fully saturated rings. The van der Waals surface area contributed by atoms with Crippen LogP contribution in [0.2, 0.25) is 0 Å². The molecule has 0 aliphatic rings. The fraction of sp³-hybridized carbons (Fsp3) is 0.533. The molecule has 0 saturated heterocycles. The second kappa shape index (κ2) is 7.17. The molecule has 0 bridgehead atoms. The van der Waals surface area contributed by atoms with Gasteiger partial charge in [0.15, 0.2) is 12.4 Å². The fourth-order valence-electron chi connectivity index (χ4n) is 1.90. The molecule has 2 N–H and O–H groups in total. The molecular formula is C15H22N4O2. The molecule has 0 radical (unpaired) electrons. The van der Waals surface area contributed by atoms with Gasteiger partial charge in [-0.05, 0) is 25.5 Å². The molecule has 0 spiro atoms. The van der Waals surface area contributed by atoms with Crippen molar-refractivity contribution in [3.8, 4) is 5.75 Å². The number of ether oxygens (including phenoxy) is 1. The summed E-state index contributed by atoms with van der Waals surface area (Å²) >= 11 is 0. The normalized spacial score (nSPS) is 12.4. The van der Waals surface area contributed by atoms with Gasteiger partial charge in [0.05, 0.1) is 5.69 Å². The Morgan fingerprint density at radius 3 is 2.76 bits per heavy atom. The minimum absolute atomic E-state index is 0.0803. The highest BCUT2D eigenvalue weighted by atomic mass is 16.5. The van der Waals surface area contributed by atoms with E-state index < -0.39 is 0 Å². The van der Waals surface area contributed by atoms with Crippen LogP contribution in [0.1, 0.15) is 43.4 Å². The highest BCUT2D eigenvalue weighted by Gasteiger charge is 2.12. The number of pyridine rings is 1. The maximum atomic E-state index is 6.02. The molecule has 0 aliphatic heterocycles. The van der Waals surface area contributed by atoms with E-state index in [2.05, 4.69) is 22.0 Å². The maximum Gasteiger partial charge on any atom is 0.264 e. The highest BCUT2D eigenvalue weighted by Crippen LogP contribution is 2.20. The second-order valence-electron chi connectivity index (χ2n) is 5.02. The van der Waals surface area contributed by atoms with Crippen molar-refractivity contribution >= 4 is 0 Å². The second-order valence-corrected chi connectivity index (χ2v) is 5.02. The van der Waals surface area contributed by atoms with E-state index in [0.29, 0.717) is 18.1 Å². The van der Waals surface area contributed by atoms with Crippen LogP contribution < -0.4 is 10.5 Å². The Bertz CT molecular complexity index is 583. The molecule has 2 rings (SSSR count). The molecule has 1 atom stereocenters. The van der Waals surface area contributed by atoms with E-state index in [1.807, 2.05) is 26.0 Å². The SMILES string of the molecule is CCc1noc(COc2ccc(C)nc2CC(N)CC)n1. The van der Waals surface area contributed by atoms with E-state index in [1.165, 1.54) is 0 Å². The van der Waals surface area contributed by atoms with E-state index in [0.717, 1.165) is 30.0 Å². The van der Waals surface area contributed by atoms with Crippen molar-refractivity contribution < 1.29 is 9.26 Å². The van der Waals surface area contributed by atoms with Crippen molar-refractivity contribution in [2.75, 3.05) is 0 Å². The lowest BCUT2D eigenvalue weighted by Crippen LogP contribution is -2.22. The molecule has 2 aromatic rings. The molecule has 1 unspecified atom stereocenters. The Kier molecular flexibility index (Phi) is 5.27. The molecule has 6 heteroatoms. The van der Waals surface area contributed by atoms with Gasteiger partial charge in [-0.3, -0.25) is 4.98 Å². The highest BCUT2D eigenvalue weighted by molar-refractivity contribution is 5.30. The van der Waals surface area contributed by atoms with Crippen molar-refractivity contribution in [2.45, 2.75) is 52.7 Å². The van der Waals surface area contributed by atoms with Gasteiger partial charge in [-0.15, -0.1) is 0 Å². The quantitative estimate of drug-likeness (QED) is 0.841. The first-order valence-electron chi connectivity index (χ1n) is 7.28. The van der Waals surface area contributed by atoms with E-state index in [1.54, 1.807) is 0 Å². The van der Waals surface area contributed by atoms with Crippen LogP contribution in [0.25, 0.3) is 0 Å². The standard InChI is InChI=1S/C15H22N4O2/c1-4-11(16)8-12-13(7-6-10(3)17-12)20-9-15-18-14(5-2)19-21-15/h6-7,11H,4-5,8-9,16H2,1-3H3. The smallest absolute Gasteiger partial charge is 0.264 e.